The van der Waals surface area contributed by atoms with E-state index >= 15 is 0 Å². The van der Waals surface area contributed by atoms with Crippen LogP contribution in [0.15, 0.2) is 46.5 Å². The molecule has 1 aliphatic heterocycles. The van der Waals surface area contributed by atoms with Crippen molar-refractivity contribution in [3.8, 4) is 6.07 Å². The van der Waals surface area contributed by atoms with E-state index in [0.29, 0.717) is 0 Å². The molecule has 3 amide bonds. The fourth-order valence-electron chi connectivity index (χ4n) is 3.60. The molecule has 0 spiro atoms. The minimum Gasteiger partial charge on any atom is -0.463 e. The predicted octanol–water partition coefficient (Wildman–Crippen LogP) is 2.95. The number of hydrogen-bond donors (Lipinski definition) is 1. The summed E-state index contributed by atoms with van der Waals surface area (Å²) in [4.78, 5) is 37.8. The molecular formula is C22H18N4O5. The Morgan fingerprint density at radius 2 is 2.03 bits per heavy atom. The van der Waals surface area contributed by atoms with E-state index in [1.54, 1.807) is 6.08 Å². The number of nitrogens with zero attached hydrogens (tertiary/aromatic N) is 3. The second-order valence-corrected chi connectivity index (χ2v) is 6.90. The van der Waals surface area contributed by atoms with Gasteiger partial charge in [0.2, 0.25) is 5.76 Å². The highest BCUT2D eigenvalue weighted by atomic mass is 16.5. The van der Waals surface area contributed by atoms with Crippen molar-refractivity contribution in [3.05, 3.63) is 64.9 Å². The van der Waals surface area contributed by atoms with Gasteiger partial charge in [-0.2, -0.15) is 5.26 Å². The topological polar surface area (TPSA) is 118 Å². The van der Waals surface area contributed by atoms with Gasteiger partial charge in [0.25, 0.3) is 5.91 Å². The number of benzene rings is 1. The van der Waals surface area contributed by atoms with Gasteiger partial charge >= 0.3 is 12.0 Å². The van der Waals surface area contributed by atoms with Crippen molar-refractivity contribution in [2.75, 3.05) is 7.11 Å². The molecule has 0 unspecified atom stereocenters. The summed E-state index contributed by atoms with van der Waals surface area (Å²) < 4.78 is 11.8. The lowest BCUT2D eigenvalue weighted by Crippen LogP contribution is -2.30. The zero-order chi connectivity index (χ0) is 22.1. The molecule has 0 atom stereocenters. The van der Waals surface area contributed by atoms with Gasteiger partial charge in [-0.3, -0.25) is 9.69 Å². The highest BCUT2D eigenvalue weighted by Crippen LogP contribution is 2.29. The van der Waals surface area contributed by atoms with Crippen LogP contribution in [0.1, 0.15) is 27.6 Å². The molecule has 1 aliphatic rings. The number of carbonyl (C=O) groups is 3. The van der Waals surface area contributed by atoms with Crippen molar-refractivity contribution in [2.45, 2.75) is 20.0 Å². The molecule has 1 fully saturated rings. The lowest BCUT2D eigenvalue weighted by Gasteiger charge is -2.09. The molecule has 1 aromatic carbocycles. The first-order chi connectivity index (χ1) is 14.9. The Hall–Kier alpha value is -4.32. The maximum absolute atomic E-state index is 12.9. The molecule has 2 aromatic heterocycles. The number of rotatable bonds is 5. The number of aromatic nitrogens is 1. The Bertz CT molecular complexity index is 1290. The fraction of sp³-hybridized carbons (Fsp3) is 0.182. The second kappa shape index (κ2) is 7.84. The summed E-state index contributed by atoms with van der Waals surface area (Å²) in [6.45, 7) is 1.90. The molecule has 1 N–H and O–H groups in total. The molecule has 1 saturated heterocycles. The number of urea groups is 1. The SMILES string of the molecule is COC(=O)c1ccc(CN2C(=O)N/C(=C\c3c(C)n(CC#N)c4ccccc34)C2=O)o1. The summed E-state index contributed by atoms with van der Waals surface area (Å²) >= 11 is 0. The fourth-order valence-corrected chi connectivity index (χ4v) is 3.60. The van der Waals surface area contributed by atoms with E-state index in [9.17, 15) is 14.4 Å². The Balaban J connectivity index is 1.65. The zero-order valence-corrected chi connectivity index (χ0v) is 16.8. The predicted molar refractivity (Wildman–Crippen MR) is 109 cm³/mol. The standard InChI is InChI=1S/C22H18N4O5/c1-13-16(15-5-3-4-6-18(15)25(13)10-9-23)11-17-20(27)26(22(29)24-17)12-14-7-8-19(31-14)21(28)30-2/h3-8,11H,10,12H2,1-2H3,(H,24,29)/b17-11-. The molecule has 3 aromatic rings. The first kappa shape index (κ1) is 20.0. The van der Waals surface area contributed by atoms with E-state index in [4.69, 9.17) is 9.68 Å². The first-order valence-corrected chi connectivity index (χ1v) is 9.41. The van der Waals surface area contributed by atoms with Crippen LogP contribution in [0, 0.1) is 18.3 Å². The Morgan fingerprint density at radius 1 is 1.26 bits per heavy atom. The number of ether oxygens (including phenoxy) is 1. The van der Waals surface area contributed by atoms with Crippen LogP contribution in [-0.4, -0.2) is 34.5 Å². The van der Waals surface area contributed by atoms with E-state index in [2.05, 4.69) is 16.1 Å². The number of nitriles is 1. The van der Waals surface area contributed by atoms with Crippen LogP contribution < -0.4 is 5.32 Å². The third-order valence-corrected chi connectivity index (χ3v) is 5.12. The molecule has 9 nitrogen and oxygen atoms in total. The average molecular weight is 418 g/mol. The molecule has 31 heavy (non-hydrogen) atoms. The van der Waals surface area contributed by atoms with Gasteiger partial charge in [0.1, 0.15) is 18.0 Å². The van der Waals surface area contributed by atoms with Gasteiger partial charge in [0.15, 0.2) is 0 Å². The third kappa shape index (κ3) is 3.44. The quantitative estimate of drug-likeness (QED) is 0.387. The number of fused-ring (bicyclic) bond motifs is 1. The number of methoxy groups -OCH3 is 1. The second-order valence-electron chi connectivity index (χ2n) is 6.90. The molecule has 4 rings (SSSR count). The van der Waals surface area contributed by atoms with E-state index in [0.717, 1.165) is 27.1 Å². The van der Waals surface area contributed by atoms with Crippen LogP contribution in [0.3, 0.4) is 0 Å². The van der Waals surface area contributed by atoms with Crippen LogP contribution >= 0.6 is 0 Å². The van der Waals surface area contributed by atoms with Crippen molar-refractivity contribution in [1.29, 1.82) is 5.26 Å². The number of nitrogens with one attached hydrogen (secondary N) is 1. The van der Waals surface area contributed by atoms with Crippen molar-refractivity contribution in [3.63, 3.8) is 0 Å². The molecule has 0 radical (unpaired) electrons. The average Bonchev–Trinajstić information content (AvgIpc) is 3.42. The zero-order valence-electron chi connectivity index (χ0n) is 16.8. The van der Waals surface area contributed by atoms with Gasteiger partial charge < -0.3 is 19.0 Å². The molecule has 0 saturated carbocycles. The van der Waals surface area contributed by atoms with E-state index in [-0.39, 0.29) is 30.3 Å². The minimum absolute atomic E-state index is 0.0127. The smallest absolute Gasteiger partial charge is 0.373 e. The Morgan fingerprint density at radius 3 is 2.77 bits per heavy atom. The molecule has 9 heteroatoms. The van der Waals surface area contributed by atoms with Crippen LogP contribution in [0.5, 0.6) is 0 Å². The van der Waals surface area contributed by atoms with Crippen LogP contribution in [0.25, 0.3) is 17.0 Å². The van der Waals surface area contributed by atoms with Crippen molar-refractivity contribution in [1.82, 2.24) is 14.8 Å². The van der Waals surface area contributed by atoms with Crippen molar-refractivity contribution < 1.29 is 23.5 Å². The number of esters is 1. The van der Waals surface area contributed by atoms with Gasteiger partial charge in [-0.05, 0) is 31.2 Å². The van der Waals surface area contributed by atoms with Crippen molar-refractivity contribution in [2.24, 2.45) is 0 Å². The number of para-hydroxylation sites is 1. The van der Waals surface area contributed by atoms with Gasteiger partial charge in [0, 0.05) is 22.2 Å². The molecule has 156 valence electrons. The number of amides is 3. The van der Waals surface area contributed by atoms with Crippen LogP contribution in [0.2, 0.25) is 0 Å². The Labute approximate surface area is 177 Å². The van der Waals surface area contributed by atoms with E-state index in [1.165, 1.54) is 19.2 Å². The van der Waals surface area contributed by atoms with Crippen LogP contribution in [-0.2, 0) is 22.6 Å². The number of imide groups is 1. The largest absolute Gasteiger partial charge is 0.463 e. The van der Waals surface area contributed by atoms with E-state index in [1.807, 2.05) is 35.8 Å². The molecule has 0 bridgehead atoms. The van der Waals surface area contributed by atoms with Crippen molar-refractivity contribution >= 4 is 34.9 Å². The summed E-state index contributed by atoms with van der Waals surface area (Å²) in [5.41, 5.74) is 2.55. The van der Waals surface area contributed by atoms with E-state index < -0.39 is 17.9 Å². The van der Waals surface area contributed by atoms with Gasteiger partial charge in [0.05, 0.1) is 19.7 Å². The highest BCUT2D eigenvalue weighted by Gasteiger charge is 2.34. The minimum atomic E-state index is -0.645. The summed E-state index contributed by atoms with van der Waals surface area (Å²) in [7, 11) is 1.23. The number of carbonyl (C=O) groups excluding carboxylic acids is 3. The molecular weight excluding hydrogens is 400 g/mol. The normalized spacial score (nSPS) is 14.9. The first-order valence-electron chi connectivity index (χ1n) is 9.41. The van der Waals surface area contributed by atoms with Gasteiger partial charge in [-0.15, -0.1) is 0 Å². The van der Waals surface area contributed by atoms with Gasteiger partial charge in [-0.1, -0.05) is 18.2 Å². The van der Waals surface area contributed by atoms with Crippen LogP contribution in [0.4, 0.5) is 4.79 Å². The summed E-state index contributed by atoms with van der Waals surface area (Å²) in [5, 5.41) is 12.6. The maximum atomic E-state index is 12.9. The maximum Gasteiger partial charge on any atom is 0.373 e. The number of hydrogen-bond acceptors (Lipinski definition) is 6. The third-order valence-electron chi connectivity index (χ3n) is 5.12. The number of furan rings is 1. The Kier molecular flexibility index (Phi) is 5.05. The highest BCUT2D eigenvalue weighted by molar-refractivity contribution is 6.14. The summed E-state index contributed by atoms with van der Waals surface area (Å²) in [5.74, 6) is -0.904. The molecule has 0 aliphatic carbocycles. The lowest BCUT2D eigenvalue weighted by molar-refractivity contribution is -0.123. The van der Waals surface area contributed by atoms with Gasteiger partial charge in [-0.25, -0.2) is 9.59 Å². The summed E-state index contributed by atoms with van der Waals surface area (Å²) in [6.07, 6.45) is 1.62. The lowest BCUT2D eigenvalue weighted by atomic mass is 10.1. The summed E-state index contributed by atoms with van der Waals surface area (Å²) in [6, 6.07) is 12.0. The molecule has 3 heterocycles. The monoisotopic (exact) mass is 418 g/mol.